The summed E-state index contributed by atoms with van der Waals surface area (Å²) in [6.45, 7) is 1.94. The van der Waals surface area contributed by atoms with Gasteiger partial charge in [-0.1, -0.05) is 35.9 Å². The minimum absolute atomic E-state index is 0.0985. The number of benzene rings is 2. The van der Waals surface area contributed by atoms with Crippen molar-refractivity contribution < 1.29 is 13.2 Å². The van der Waals surface area contributed by atoms with E-state index < -0.39 is 10.0 Å². The second-order valence-corrected chi connectivity index (χ2v) is 8.33. The molecule has 0 saturated carbocycles. The molecule has 1 fully saturated rings. The Labute approximate surface area is 158 Å². The van der Waals surface area contributed by atoms with Crippen LogP contribution in [-0.4, -0.2) is 38.9 Å². The molecule has 0 aliphatic carbocycles. The molecule has 8 heteroatoms. The highest BCUT2D eigenvalue weighted by Gasteiger charge is 2.28. The van der Waals surface area contributed by atoms with Crippen LogP contribution in [0.15, 0.2) is 48.5 Å². The minimum atomic E-state index is -3.60. The molecule has 3 rings (SSSR count). The van der Waals surface area contributed by atoms with Crippen molar-refractivity contribution in [3.8, 4) is 0 Å². The molecule has 2 aromatic rings. The van der Waals surface area contributed by atoms with E-state index in [4.69, 9.17) is 16.7 Å². The quantitative estimate of drug-likeness (QED) is 0.829. The fourth-order valence-electron chi connectivity index (χ4n) is 3.10. The van der Waals surface area contributed by atoms with Gasteiger partial charge in [0.05, 0.1) is 11.8 Å². The average molecular weight is 394 g/mol. The number of sulfonamides is 1. The third-order valence-electron chi connectivity index (χ3n) is 4.31. The Morgan fingerprint density at radius 2 is 1.96 bits per heavy atom. The number of nitrogens with one attached hydrogen (secondary N) is 1. The van der Waals surface area contributed by atoms with Crippen molar-refractivity contribution in [1.82, 2.24) is 10.2 Å². The summed E-state index contributed by atoms with van der Waals surface area (Å²) in [5.41, 5.74) is 2.04. The SMILES string of the molecule is NS(=O)(=O)Cc1ccc(C(=O)N2CCNCC2c2cccc(Cl)c2)cc1. The molecule has 1 heterocycles. The first-order valence-electron chi connectivity index (χ1n) is 8.20. The highest BCUT2D eigenvalue weighted by molar-refractivity contribution is 7.88. The van der Waals surface area contributed by atoms with E-state index in [0.717, 1.165) is 5.56 Å². The Bertz CT molecular complexity index is 900. The molecule has 1 aliphatic rings. The van der Waals surface area contributed by atoms with Crippen molar-refractivity contribution >= 4 is 27.5 Å². The van der Waals surface area contributed by atoms with Crippen LogP contribution in [0.1, 0.15) is 27.5 Å². The fraction of sp³-hybridized carbons (Fsp3) is 0.278. The largest absolute Gasteiger partial charge is 0.329 e. The number of rotatable bonds is 4. The predicted molar refractivity (Wildman–Crippen MR) is 101 cm³/mol. The molecule has 0 bridgehead atoms. The number of hydrogen-bond donors (Lipinski definition) is 2. The number of nitrogens with two attached hydrogens (primary N) is 1. The average Bonchev–Trinajstić information content (AvgIpc) is 2.60. The maximum absolute atomic E-state index is 13.0. The van der Waals surface area contributed by atoms with Crippen molar-refractivity contribution in [3.63, 3.8) is 0 Å². The number of carbonyl (C=O) groups is 1. The lowest BCUT2D eigenvalue weighted by Gasteiger charge is -2.36. The van der Waals surface area contributed by atoms with Gasteiger partial charge in [0, 0.05) is 30.2 Å². The van der Waals surface area contributed by atoms with Crippen LogP contribution in [0.3, 0.4) is 0 Å². The maximum Gasteiger partial charge on any atom is 0.254 e. The van der Waals surface area contributed by atoms with E-state index in [2.05, 4.69) is 5.32 Å². The van der Waals surface area contributed by atoms with Crippen molar-refractivity contribution in [1.29, 1.82) is 0 Å². The van der Waals surface area contributed by atoms with Gasteiger partial charge in [-0.2, -0.15) is 0 Å². The number of piperazine rings is 1. The monoisotopic (exact) mass is 393 g/mol. The number of hydrogen-bond acceptors (Lipinski definition) is 4. The van der Waals surface area contributed by atoms with Crippen LogP contribution in [0.4, 0.5) is 0 Å². The van der Waals surface area contributed by atoms with Crippen LogP contribution in [-0.2, 0) is 15.8 Å². The van der Waals surface area contributed by atoms with Crippen molar-refractivity contribution in [3.05, 3.63) is 70.2 Å². The first kappa shape index (κ1) is 18.8. The molecule has 3 N–H and O–H groups in total. The first-order chi connectivity index (χ1) is 12.3. The highest BCUT2D eigenvalue weighted by Crippen LogP contribution is 2.26. The Kier molecular flexibility index (Phi) is 5.62. The normalized spacial score (nSPS) is 17.9. The van der Waals surface area contributed by atoms with Crippen LogP contribution in [0.2, 0.25) is 5.02 Å². The Balaban J connectivity index is 1.82. The Morgan fingerprint density at radius 1 is 1.23 bits per heavy atom. The predicted octanol–water partition coefficient (Wildman–Crippen LogP) is 1.92. The topological polar surface area (TPSA) is 92.5 Å². The van der Waals surface area contributed by atoms with Gasteiger partial charge in [-0.3, -0.25) is 4.79 Å². The van der Waals surface area contributed by atoms with Gasteiger partial charge in [0.2, 0.25) is 10.0 Å². The summed E-state index contributed by atoms with van der Waals surface area (Å²) in [5, 5.41) is 9.00. The van der Waals surface area contributed by atoms with Crippen LogP contribution < -0.4 is 10.5 Å². The Morgan fingerprint density at radius 3 is 2.62 bits per heavy atom. The molecular formula is C18H20ClN3O3S. The first-order valence-corrected chi connectivity index (χ1v) is 10.3. The summed E-state index contributed by atoms with van der Waals surface area (Å²) in [4.78, 5) is 14.8. The van der Waals surface area contributed by atoms with E-state index in [1.165, 1.54) is 0 Å². The highest BCUT2D eigenvalue weighted by atomic mass is 35.5. The third kappa shape index (κ3) is 4.62. The summed E-state index contributed by atoms with van der Waals surface area (Å²) in [5.74, 6) is -0.348. The third-order valence-corrected chi connectivity index (χ3v) is 5.28. The second-order valence-electron chi connectivity index (χ2n) is 6.28. The van der Waals surface area contributed by atoms with E-state index >= 15 is 0 Å². The molecule has 1 unspecified atom stereocenters. The van der Waals surface area contributed by atoms with Gasteiger partial charge in [-0.15, -0.1) is 0 Å². The van der Waals surface area contributed by atoms with Crippen LogP contribution >= 0.6 is 11.6 Å². The lowest BCUT2D eigenvalue weighted by atomic mass is 10.0. The zero-order chi connectivity index (χ0) is 18.7. The van der Waals surface area contributed by atoms with Gasteiger partial charge < -0.3 is 10.2 Å². The standard InChI is InChI=1S/C18H20ClN3O3S/c19-16-3-1-2-15(10-16)17-11-21-8-9-22(17)18(23)14-6-4-13(5-7-14)12-26(20,24)25/h1-7,10,17,21H,8-9,11-12H2,(H2,20,24,25). The second kappa shape index (κ2) is 7.75. The van der Waals surface area contributed by atoms with E-state index in [1.807, 2.05) is 23.1 Å². The van der Waals surface area contributed by atoms with E-state index in [0.29, 0.717) is 35.8 Å². The molecule has 0 radical (unpaired) electrons. The maximum atomic E-state index is 13.0. The van der Waals surface area contributed by atoms with Crippen molar-refractivity contribution in [2.45, 2.75) is 11.8 Å². The van der Waals surface area contributed by atoms with Gasteiger partial charge in [0.1, 0.15) is 0 Å². The number of primary sulfonamides is 1. The molecule has 1 atom stereocenters. The minimum Gasteiger partial charge on any atom is -0.329 e. The van der Waals surface area contributed by atoms with E-state index in [9.17, 15) is 13.2 Å². The number of carbonyl (C=O) groups excluding carboxylic acids is 1. The zero-order valence-corrected chi connectivity index (χ0v) is 15.6. The lowest BCUT2D eigenvalue weighted by molar-refractivity contribution is 0.0634. The summed E-state index contributed by atoms with van der Waals surface area (Å²) < 4.78 is 22.4. The van der Waals surface area contributed by atoms with Crippen molar-refractivity contribution in [2.24, 2.45) is 5.14 Å². The van der Waals surface area contributed by atoms with Gasteiger partial charge in [0.15, 0.2) is 0 Å². The molecule has 138 valence electrons. The summed E-state index contributed by atoms with van der Waals surface area (Å²) in [6, 6.07) is 13.9. The summed E-state index contributed by atoms with van der Waals surface area (Å²) in [6.07, 6.45) is 0. The molecule has 0 spiro atoms. The number of amides is 1. The van der Waals surface area contributed by atoms with Crippen LogP contribution in [0.5, 0.6) is 0 Å². The molecular weight excluding hydrogens is 374 g/mol. The van der Waals surface area contributed by atoms with Crippen molar-refractivity contribution in [2.75, 3.05) is 19.6 Å². The van der Waals surface area contributed by atoms with E-state index in [-0.39, 0.29) is 17.7 Å². The smallest absolute Gasteiger partial charge is 0.254 e. The molecule has 1 amide bonds. The molecule has 26 heavy (non-hydrogen) atoms. The van der Waals surface area contributed by atoms with Gasteiger partial charge in [0.25, 0.3) is 5.91 Å². The molecule has 1 aliphatic heterocycles. The molecule has 2 aromatic carbocycles. The Hall–Kier alpha value is -1.93. The molecule has 6 nitrogen and oxygen atoms in total. The molecule has 1 saturated heterocycles. The lowest BCUT2D eigenvalue weighted by Crippen LogP contribution is -2.48. The van der Waals surface area contributed by atoms with Gasteiger partial charge in [-0.25, -0.2) is 13.6 Å². The van der Waals surface area contributed by atoms with Gasteiger partial charge >= 0.3 is 0 Å². The van der Waals surface area contributed by atoms with Gasteiger partial charge in [-0.05, 0) is 35.4 Å². The number of halogens is 1. The fourth-order valence-corrected chi connectivity index (χ4v) is 3.96. The molecule has 0 aromatic heterocycles. The van der Waals surface area contributed by atoms with Crippen LogP contribution in [0, 0.1) is 0 Å². The zero-order valence-electron chi connectivity index (χ0n) is 14.1. The van der Waals surface area contributed by atoms with E-state index in [1.54, 1.807) is 30.3 Å². The summed E-state index contributed by atoms with van der Waals surface area (Å²) in [7, 11) is -3.60. The number of nitrogens with zero attached hydrogens (tertiary/aromatic N) is 1. The summed E-state index contributed by atoms with van der Waals surface area (Å²) >= 11 is 6.10. The van der Waals surface area contributed by atoms with Crippen LogP contribution in [0.25, 0.3) is 0 Å².